The van der Waals surface area contributed by atoms with Gasteiger partial charge in [0.15, 0.2) is 0 Å². The van der Waals surface area contributed by atoms with E-state index >= 15 is 0 Å². The van der Waals surface area contributed by atoms with Crippen molar-refractivity contribution in [3.05, 3.63) is 29.8 Å². The van der Waals surface area contributed by atoms with Crippen molar-refractivity contribution in [2.45, 2.75) is 26.4 Å². The summed E-state index contributed by atoms with van der Waals surface area (Å²) in [6.45, 7) is 3.97. The van der Waals surface area contributed by atoms with Crippen LogP contribution in [0, 0.1) is 0 Å². The molecule has 0 unspecified atom stereocenters. The van der Waals surface area contributed by atoms with Crippen molar-refractivity contribution in [1.29, 1.82) is 0 Å². The molecule has 1 rings (SSSR count). The first-order valence-corrected chi connectivity index (χ1v) is 6.14. The molecular weight excluding hydrogens is 246 g/mol. The second-order valence-electron chi connectivity index (χ2n) is 4.57. The molecule has 0 saturated carbocycles. The second-order valence-corrected chi connectivity index (χ2v) is 4.57. The Balaban J connectivity index is 2.76. The highest BCUT2D eigenvalue weighted by Crippen LogP contribution is 2.16. The molecule has 1 aromatic carbocycles. The molecule has 0 radical (unpaired) electrons. The zero-order chi connectivity index (χ0) is 14.4. The summed E-state index contributed by atoms with van der Waals surface area (Å²) in [5, 5.41) is 8.65. The smallest absolute Gasteiger partial charge is 0.338 e. The molecule has 0 amide bonds. The Labute approximate surface area is 112 Å². The van der Waals surface area contributed by atoms with E-state index in [1.165, 1.54) is 0 Å². The molecule has 104 valence electrons. The number of nitrogens with zero attached hydrogens (tertiary/aromatic N) is 1. The third-order valence-electron chi connectivity index (χ3n) is 2.53. The predicted octanol–water partition coefficient (Wildman–Crippen LogP) is 2.16. The number of carboxylic acid groups (broad SMARTS) is 1. The number of carbonyl (C=O) groups excluding carboxylic acids is 1. The van der Waals surface area contributed by atoms with Crippen molar-refractivity contribution in [2.75, 3.05) is 18.5 Å². The average molecular weight is 265 g/mol. The van der Waals surface area contributed by atoms with Crippen LogP contribution < -0.4 is 4.90 Å². The van der Waals surface area contributed by atoms with Crippen LogP contribution in [-0.4, -0.2) is 36.7 Å². The maximum absolute atomic E-state index is 11.8. The molecule has 5 nitrogen and oxygen atoms in total. The lowest BCUT2D eigenvalue weighted by Crippen LogP contribution is -2.21. The maximum atomic E-state index is 11.8. The monoisotopic (exact) mass is 265 g/mol. The molecule has 0 fully saturated rings. The zero-order valence-electron chi connectivity index (χ0n) is 11.4. The van der Waals surface area contributed by atoms with Gasteiger partial charge >= 0.3 is 11.9 Å². The van der Waals surface area contributed by atoms with Crippen molar-refractivity contribution < 1.29 is 19.4 Å². The molecule has 0 aliphatic heterocycles. The minimum atomic E-state index is -0.845. The number of esters is 1. The van der Waals surface area contributed by atoms with Crippen molar-refractivity contribution in [2.24, 2.45) is 0 Å². The fourth-order valence-electron chi connectivity index (χ4n) is 1.54. The topological polar surface area (TPSA) is 66.8 Å². The van der Waals surface area contributed by atoms with E-state index in [0.29, 0.717) is 12.1 Å². The Bertz CT molecular complexity index is 457. The van der Waals surface area contributed by atoms with Crippen molar-refractivity contribution in [1.82, 2.24) is 0 Å². The normalized spacial score (nSPS) is 10.3. The first-order chi connectivity index (χ1) is 8.90. The van der Waals surface area contributed by atoms with Crippen molar-refractivity contribution in [3.63, 3.8) is 0 Å². The van der Waals surface area contributed by atoms with Crippen LogP contribution in [0.25, 0.3) is 0 Å². The molecule has 5 heteroatoms. The number of benzene rings is 1. The Morgan fingerprint density at radius 1 is 1.37 bits per heavy atom. The largest absolute Gasteiger partial charge is 0.481 e. The number of rotatable bonds is 6. The van der Waals surface area contributed by atoms with Gasteiger partial charge in [0.05, 0.1) is 18.1 Å². The summed E-state index contributed by atoms with van der Waals surface area (Å²) < 4.78 is 5.12. The van der Waals surface area contributed by atoms with Crippen molar-refractivity contribution in [3.8, 4) is 0 Å². The van der Waals surface area contributed by atoms with Crippen LogP contribution in [0.2, 0.25) is 0 Å². The Kier molecular flexibility index (Phi) is 5.36. The van der Waals surface area contributed by atoms with Crippen LogP contribution >= 0.6 is 0 Å². The fourth-order valence-corrected chi connectivity index (χ4v) is 1.54. The van der Waals surface area contributed by atoms with Gasteiger partial charge in [-0.3, -0.25) is 4.79 Å². The van der Waals surface area contributed by atoms with E-state index in [1.54, 1.807) is 44.0 Å². The molecule has 0 aromatic heterocycles. The molecule has 0 heterocycles. The molecule has 0 aliphatic rings. The second kappa shape index (κ2) is 6.78. The third kappa shape index (κ3) is 4.99. The van der Waals surface area contributed by atoms with Gasteiger partial charge in [0.2, 0.25) is 0 Å². The zero-order valence-corrected chi connectivity index (χ0v) is 11.4. The SMILES string of the molecule is CC(C)OC(=O)c1cccc(N(C)CCC(=O)O)c1. The Morgan fingerprint density at radius 3 is 2.63 bits per heavy atom. The quantitative estimate of drug-likeness (QED) is 0.798. The highest BCUT2D eigenvalue weighted by molar-refractivity contribution is 5.90. The average Bonchev–Trinajstić information content (AvgIpc) is 2.35. The van der Waals surface area contributed by atoms with E-state index in [4.69, 9.17) is 9.84 Å². The highest BCUT2D eigenvalue weighted by Gasteiger charge is 2.11. The summed E-state index contributed by atoms with van der Waals surface area (Å²) in [5.41, 5.74) is 1.26. The van der Waals surface area contributed by atoms with Crippen LogP contribution in [-0.2, 0) is 9.53 Å². The lowest BCUT2D eigenvalue weighted by molar-refractivity contribution is -0.136. The van der Waals surface area contributed by atoms with Crippen LogP contribution in [0.4, 0.5) is 5.69 Å². The molecule has 19 heavy (non-hydrogen) atoms. The Hall–Kier alpha value is -2.04. The molecule has 0 bridgehead atoms. The first-order valence-electron chi connectivity index (χ1n) is 6.14. The number of carbonyl (C=O) groups is 2. The predicted molar refractivity (Wildman–Crippen MR) is 72.5 cm³/mol. The van der Waals surface area contributed by atoms with Crippen LogP contribution in [0.3, 0.4) is 0 Å². The van der Waals surface area contributed by atoms with Gasteiger partial charge in [0.1, 0.15) is 0 Å². The third-order valence-corrected chi connectivity index (χ3v) is 2.53. The van der Waals surface area contributed by atoms with Gasteiger partial charge < -0.3 is 14.7 Å². The van der Waals surface area contributed by atoms with E-state index in [2.05, 4.69) is 0 Å². The molecule has 1 N–H and O–H groups in total. The number of hydrogen-bond donors (Lipinski definition) is 1. The van der Waals surface area contributed by atoms with Gasteiger partial charge in [0, 0.05) is 19.3 Å². The number of anilines is 1. The number of hydrogen-bond acceptors (Lipinski definition) is 4. The summed E-state index contributed by atoms with van der Waals surface area (Å²) in [4.78, 5) is 24.1. The number of ether oxygens (including phenoxy) is 1. The standard InChI is InChI=1S/C14H19NO4/c1-10(2)19-14(18)11-5-4-6-12(9-11)15(3)8-7-13(16)17/h4-6,9-10H,7-8H2,1-3H3,(H,16,17). The summed E-state index contributed by atoms with van der Waals surface area (Å²) in [6.07, 6.45) is -0.113. The van der Waals surface area contributed by atoms with Gasteiger partial charge in [-0.25, -0.2) is 4.79 Å². The maximum Gasteiger partial charge on any atom is 0.338 e. The summed E-state index contributed by atoms with van der Waals surface area (Å²) in [5.74, 6) is -1.22. The van der Waals surface area contributed by atoms with E-state index in [9.17, 15) is 9.59 Å². The van der Waals surface area contributed by atoms with Gasteiger partial charge in [-0.15, -0.1) is 0 Å². The fraction of sp³-hybridized carbons (Fsp3) is 0.429. The van der Waals surface area contributed by atoms with Gasteiger partial charge in [-0.1, -0.05) is 6.07 Å². The van der Waals surface area contributed by atoms with Gasteiger partial charge in [0.25, 0.3) is 0 Å². The summed E-state index contributed by atoms with van der Waals surface area (Å²) in [7, 11) is 1.79. The molecule has 0 spiro atoms. The van der Waals surface area contributed by atoms with Crippen LogP contribution in [0.1, 0.15) is 30.6 Å². The highest BCUT2D eigenvalue weighted by atomic mass is 16.5. The molecule has 0 aliphatic carbocycles. The van der Waals surface area contributed by atoms with E-state index < -0.39 is 5.97 Å². The van der Waals surface area contributed by atoms with Crippen LogP contribution in [0.5, 0.6) is 0 Å². The van der Waals surface area contributed by atoms with E-state index in [0.717, 1.165) is 5.69 Å². The minimum absolute atomic E-state index is 0.0527. The summed E-state index contributed by atoms with van der Waals surface area (Å²) >= 11 is 0. The van der Waals surface area contributed by atoms with Gasteiger partial charge in [-0.2, -0.15) is 0 Å². The summed E-state index contributed by atoms with van der Waals surface area (Å²) in [6, 6.07) is 6.96. The molecule has 0 saturated heterocycles. The first kappa shape index (κ1) is 15.0. The van der Waals surface area contributed by atoms with E-state index in [1.807, 2.05) is 6.07 Å². The lowest BCUT2D eigenvalue weighted by atomic mass is 10.2. The lowest BCUT2D eigenvalue weighted by Gasteiger charge is -2.19. The van der Waals surface area contributed by atoms with Crippen molar-refractivity contribution >= 4 is 17.6 Å². The molecule has 1 aromatic rings. The number of aliphatic carboxylic acids is 1. The van der Waals surface area contributed by atoms with Gasteiger partial charge in [-0.05, 0) is 32.0 Å². The van der Waals surface area contributed by atoms with Crippen LogP contribution in [0.15, 0.2) is 24.3 Å². The molecular formula is C14H19NO4. The molecule has 0 atom stereocenters. The minimum Gasteiger partial charge on any atom is -0.481 e. The number of carboxylic acids is 1. The van der Waals surface area contributed by atoms with E-state index in [-0.39, 0.29) is 18.5 Å². The Morgan fingerprint density at radius 2 is 2.05 bits per heavy atom.